The van der Waals surface area contributed by atoms with Gasteiger partial charge in [0.1, 0.15) is 0 Å². The molecular weight excluding hydrogens is 276 g/mol. The van der Waals surface area contributed by atoms with Crippen molar-refractivity contribution in [3.05, 3.63) is 29.8 Å². The Labute approximate surface area is 131 Å². The molecule has 22 heavy (non-hydrogen) atoms. The standard InChI is InChI=1S/C18H24N2O2/c1-12-6-5-7-13(10-12)19-15(21)18-9-8-17(4,16(18,2)3)14(11-18)20-22/h5-7,10,22H,8-9,11H2,1-4H3,(H,19,21)/b20-14-/t17-,18+/m1/s1. The van der Waals surface area contributed by atoms with E-state index in [9.17, 15) is 10.0 Å². The van der Waals surface area contributed by atoms with Crippen molar-refractivity contribution >= 4 is 17.3 Å². The van der Waals surface area contributed by atoms with E-state index in [0.29, 0.717) is 6.42 Å². The van der Waals surface area contributed by atoms with Crippen molar-refractivity contribution in [3.63, 3.8) is 0 Å². The van der Waals surface area contributed by atoms with E-state index in [2.05, 4.69) is 31.2 Å². The van der Waals surface area contributed by atoms with Gasteiger partial charge in [0, 0.05) is 17.5 Å². The molecule has 2 fully saturated rings. The summed E-state index contributed by atoms with van der Waals surface area (Å²) in [6.07, 6.45) is 2.28. The van der Waals surface area contributed by atoms with Crippen LogP contribution < -0.4 is 5.32 Å². The van der Waals surface area contributed by atoms with E-state index in [1.807, 2.05) is 31.2 Å². The van der Waals surface area contributed by atoms with Crippen LogP contribution in [0.4, 0.5) is 5.69 Å². The number of anilines is 1. The van der Waals surface area contributed by atoms with Gasteiger partial charge in [0.15, 0.2) is 0 Å². The van der Waals surface area contributed by atoms with Crippen LogP contribution in [0.1, 0.15) is 45.6 Å². The molecule has 2 N–H and O–H groups in total. The summed E-state index contributed by atoms with van der Waals surface area (Å²) in [5.41, 5.74) is 1.80. The van der Waals surface area contributed by atoms with Gasteiger partial charge in [0.05, 0.1) is 11.1 Å². The maximum absolute atomic E-state index is 13.1. The zero-order valence-electron chi connectivity index (χ0n) is 13.7. The second-order valence-electron chi connectivity index (χ2n) is 7.59. The largest absolute Gasteiger partial charge is 0.411 e. The predicted octanol–water partition coefficient (Wildman–Crippen LogP) is 3.98. The minimum absolute atomic E-state index is 0.0467. The molecule has 0 saturated heterocycles. The summed E-state index contributed by atoms with van der Waals surface area (Å²) in [5.74, 6) is 0.0467. The van der Waals surface area contributed by atoms with Crippen molar-refractivity contribution in [2.45, 2.75) is 47.0 Å². The average molecular weight is 300 g/mol. The highest BCUT2D eigenvalue weighted by atomic mass is 16.4. The fourth-order valence-electron chi connectivity index (χ4n) is 4.51. The lowest BCUT2D eigenvalue weighted by atomic mass is 9.64. The molecule has 2 saturated carbocycles. The number of nitrogens with zero attached hydrogens (tertiary/aromatic N) is 1. The van der Waals surface area contributed by atoms with E-state index in [4.69, 9.17) is 0 Å². The molecule has 0 aromatic heterocycles. The lowest BCUT2D eigenvalue weighted by Crippen LogP contribution is -2.43. The molecule has 2 aliphatic rings. The van der Waals surface area contributed by atoms with Crippen molar-refractivity contribution in [3.8, 4) is 0 Å². The van der Waals surface area contributed by atoms with Gasteiger partial charge in [0.25, 0.3) is 0 Å². The smallest absolute Gasteiger partial charge is 0.231 e. The minimum atomic E-state index is -0.493. The highest BCUT2D eigenvalue weighted by molar-refractivity contribution is 6.06. The van der Waals surface area contributed by atoms with E-state index < -0.39 is 5.41 Å². The van der Waals surface area contributed by atoms with E-state index in [1.165, 1.54) is 0 Å². The number of aryl methyl sites for hydroxylation is 1. The number of hydrogen-bond donors (Lipinski definition) is 2. The van der Waals surface area contributed by atoms with Crippen LogP contribution in [0.3, 0.4) is 0 Å². The molecule has 1 aromatic rings. The number of carbonyl (C=O) groups is 1. The van der Waals surface area contributed by atoms with Gasteiger partial charge in [-0.3, -0.25) is 4.79 Å². The maximum Gasteiger partial charge on any atom is 0.231 e. The zero-order chi connectivity index (χ0) is 16.2. The number of rotatable bonds is 2. The molecule has 2 atom stereocenters. The number of fused-ring (bicyclic) bond motifs is 2. The number of benzene rings is 1. The molecule has 4 nitrogen and oxygen atoms in total. The van der Waals surface area contributed by atoms with Crippen molar-refractivity contribution < 1.29 is 10.0 Å². The summed E-state index contributed by atoms with van der Waals surface area (Å²) in [6.45, 7) is 8.40. The summed E-state index contributed by atoms with van der Waals surface area (Å²) in [5, 5.41) is 16.0. The molecule has 0 unspecified atom stereocenters. The first-order valence-electron chi connectivity index (χ1n) is 7.86. The SMILES string of the molecule is Cc1cccc(NC(=O)[C@]23CC[C@](C)(/C(=N\O)C2)C3(C)C)c1. The van der Waals surface area contributed by atoms with Crippen LogP contribution in [0.25, 0.3) is 0 Å². The Morgan fingerprint density at radius 1 is 1.27 bits per heavy atom. The monoisotopic (exact) mass is 300 g/mol. The Morgan fingerprint density at radius 2 is 2.00 bits per heavy atom. The number of hydrogen-bond acceptors (Lipinski definition) is 3. The first kappa shape index (κ1) is 15.1. The third kappa shape index (κ3) is 1.70. The van der Waals surface area contributed by atoms with Crippen molar-refractivity contribution in [1.82, 2.24) is 0 Å². The molecule has 0 aliphatic heterocycles. The Hall–Kier alpha value is -1.84. The van der Waals surface area contributed by atoms with Gasteiger partial charge in [0.2, 0.25) is 5.91 Å². The number of amides is 1. The quantitative estimate of drug-likeness (QED) is 0.641. The van der Waals surface area contributed by atoms with Crippen LogP contribution >= 0.6 is 0 Å². The fourth-order valence-corrected chi connectivity index (χ4v) is 4.51. The van der Waals surface area contributed by atoms with E-state index >= 15 is 0 Å². The highest BCUT2D eigenvalue weighted by Crippen LogP contribution is 2.71. The summed E-state index contributed by atoms with van der Waals surface area (Å²) in [7, 11) is 0. The van der Waals surface area contributed by atoms with Gasteiger partial charge in [-0.2, -0.15) is 0 Å². The molecule has 0 heterocycles. The Morgan fingerprint density at radius 3 is 2.59 bits per heavy atom. The molecule has 2 aliphatic carbocycles. The second-order valence-corrected chi connectivity index (χ2v) is 7.59. The number of oxime groups is 1. The van der Waals surface area contributed by atoms with Gasteiger partial charge in [-0.25, -0.2) is 0 Å². The Balaban J connectivity index is 1.95. The van der Waals surface area contributed by atoms with Gasteiger partial charge < -0.3 is 10.5 Å². The first-order chi connectivity index (χ1) is 10.3. The molecule has 1 amide bonds. The summed E-state index contributed by atoms with van der Waals surface area (Å²) in [6, 6.07) is 7.85. The van der Waals surface area contributed by atoms with Crippen LogP contribution in [-0.2, 0) is 4.79 Å². The average Bonchev–Trinajstić information content (AvgIpc) is 2.77. The molecular formula is C18H24N2O2. The molecule has 1 aromatic carbocycles. The minimum Gasteiger partial charge on any atom is -0.411 e. The van der Waals surface area contributed by atoms with Crippen LogP contribution in [0.2, 0.25) is 0 Å². The van der Waals surface area contributed by atoms with Crippen molar-refractivity contribution in [2.75, 3.05) is 5.32 Å². The summed E-state index contributed by atoms with van der Waals surface area (Å²) in [4.78, 5) is 13.1. The third-order valence-electron chi connectivity index (χ3n) is 6.57. The van der Waals surface area contributed by atoms with Crippen molar-refractivity contribution in [1.29, 1.82) is 0 Å². The molecule has 2 bridgehead atoms. The normalized spacial score (nSPS) is 34.1. The highest BCUT2D eigenvalue weighted by Gasteiger charge is 2.71. The first-order valence-corrected chi connectivity index (χ1v) is 7.86. The van der Waals surface area contributed by atoms with Gasteiger partial charge in [-0.05, 0) is 42.9 Å². The van der Waals surface area contributed by atoms with Crippen molar-refractivity contribution in [2.24, 2.45) is 21.4 Å². The number of carbonyl (C=O) groups excluding carboxylic acids is 1. The fraction of sp³-hybridized carbons (Fsp3) is 0.556. The van der Waals surface area contributed by atoms with E-state index in [1.54, 1.807) is 0 Å². The summed E-state index contributed by atoms with van der Waals surface area (Å²) < 4.78 is 0. The Bertz CT molecular complexity index is 665. The maximum atomic E-state index is 13.1. The molecule has 0 radical (unpaired) electrons. The van der Waals surface area contributed by atoms with Crippen LogP contribution in [0.15, 0.2) is 29.4 Å². The number of nitrogens with one attached hydrogen (secondary N) is 1. The summed E-state index contributed by atoms with van der Waals surface area (Å²) >= 11 is 0. The predicted molar refractivity (Wildman–Crippen MR) is 87.2 cm³/mol. The van der Waals surface area contributed by atoms with Gasteiger partial charge >= 0.3 is 0 Å². The van der Waals surface area contributed by atoms with Crippen LogP contribution in [0.5, 0.6) is 0 Å². The lowest BCUT2D eigenvalue weighted by Gasteiger charge is -2.39. The van der Waals surface area contributed by atoms with Gasteiger partial charge in [-0.15, -0.1) is 0 Å². The third-order valence-corrected chi connectivity index (χ3v) is 6.57. The van der Waals surface area contributed by atoms with Gasteiger partial charge in [-0.1, -0.05) is 38.1 Å². The molecule has 0 spiro atoms. The van der Waals surface area contributed by atoms with Crippen LogP contribution in [-0.4, -0.2) is 16.8 Å². The van der Waals surface area contributed by atoms with Crippen LogP contribution in [0, 0.1) is 23.2 Å². The second kappa shape index (κ2) is 4.58. The van der Waals surface area contributed by atoms with E-state index in [0.717, 1.165) is 29.8 Å². The van der Waals surface area contributed by atoms with E-state index in [-0.39, 0.29) is 16.7 Å². The zero-order valence-corrected chi connectivity index (χ0v) is 13.7. The topological polar surface area (TPSA) is 61.7 Å². The molecule has 3 rings (SSSR count). The lowest BCUT2D eigenvalue weighted by molar-refractivity contribution is -0.130. The molecule has 4 heteroatoms. The Kier molecular flexibility index (Phi) is 3.13. The molecule has 118 valence electrons.